The van der Waals surface area contributed by atoms with Gasteiger partial charge in [-0.2, -0.15) is 0 Å². The first-order chi connectivity index (χ1) is 30.8. The highest BCUT2D eigenvalue weighted by molar-refractivity contribution is 7.94. The van der Waals surface area contributed by atoms with Crippen LogP contribution < -0.4 is 14.8 Å². The third-order valence-electron chi connectivity index (χ3n) is 15.4. The second-order valence-corrected chi connectivity index (χ2v) is 21.6. The molecule has 3 aliphatic heterocycles. The molecule has 7 aliphatic rings. The van der Waals surface area contributed by atoms with Crippen LogP contribution in [-0.4, -0.2) is 106 Å². The van der Waals surface area contributed by atoms with Gasteiger partial charge in [0.1, 0.15) is 22.1 Å². The van der Waals surface area contributed by atoms with Gasteiger partial charge in [-0.05, 0) is 157 Å². The number of piperidine rings is 1. The molecule has 10 rings (SSSR count). The molecule has 4 N–H and O–H groups in total. The Morgan fingerprint density at radius 3 is 2.55 bits per heavy atom. The number of benzene rings is 1. The summed E-state index contributed by atoms with van der Waals surface area (Å²) in [4.78, 5) is 42.2. The third kappa shape index (κ3) is 8.96. The number of pyridine rings is 1. The van der Waals surface area contributed by atoms with E-state index in [-0.39, 0.29) is 23.3 Å². The Balaban J connectivity index is 0.798. The quantitative estimate of drug-likeness (QED) is 0.110. The average Bonchev–Trinajstić information content (AvgIpc) is 3.82. The zero-order valence-electron chi connectivity index (χ0n) is 36.5. The summed E-state index contributed by atoms with van der Waals surface area (Å²) >= 11 is 0. The van der Waals surface area contributed by atoms with Crippen molar-refractivity contribution < 1.29 is 28.0 Å². The first kappa shape index (κ1) is 43.2. The number of nitro groups is 1. The van der Waals surface area contributed by atoms with Crippen LogP contribution in [0.15, 0.2) is 88.2 Å². The van der Waals surface area contributed by atoms with Crippen LogP contribution in [0.2, 0.25) is 0 Å². The smallest absolute Gasteiger partial charge is 0.268 e. The van der Waals surface area contributed by atoms with E-state index < -0.39 is 43.6 Å². The Hall–Kier alpha value is -4.74. The molecule has 5 heterocycles. The number of dihydropyridines is 1. The van der Waals surface area contributed by atoms with E-state index in [1.165, 1.54) is 45.1 Å². The number of allylic oxidation sites excluding steroid dienone is 1. The fourth-order valence-corrected chi connectivity index (χ4v) is 12.4. The van der Waals surface area contributed by atoms with E-state index in [9.17, 15) is 28.4 Å². The zero-order valence-corrected chi connectivity index (χ0v) is 37.3. The van der Waals surface area contributed by atoms with E-state index in [0.29, 0.717) is 54.7 Å². The Bertz CT molecular complexity index is 2500. The van der Waals surface area contributed by atoms with Crippen molar-refractivity contribution in [3.63, 3.8) is 0 Å². The van der Waals surface area contributed by atoms with Gasteiger partial charge in [0.2, 0.25) is 0 Å². The van der Waals surface area contributed by atoms with Crippen LogP contribution in [0.4, 0.5) is 0 Å². The lowest BCUT2D eigenvalue weighted by Crippen LogP contribution is -2.56. The number of ether oxygens (including phenoxy) is 1. The predicted molar refractivity (Wildman–Crippen MR) is 243 cm³/mol. The van der Waals surface area contributed by atoms with Gasteiger partial charge in [0.05, 0.1) is 17.4 Å². The van der Waals surface area contributed by atoms with Crippen molar-refractivity contribution >= 4 is 33.2 Å². The SMILES string of the molecule is CC1(O)CCC(CNC2N=CC(S(=O)(=O)NC(=O)C3=CC[C@@H](N4CCC5(CC4)CC(N4CCC[C@H]4c4ccccc4C4CC4)C5)C=C3Oc3cnc4[nH]ccc4c3)=CC2[N+](=O)[O-])CC1. The molecule has 2 aromatic heterocycles. The third-order valence-corrected chi connectivity index (χ3v) is 16.7. The van der Waals surface area contributed by atoms with Crippen LogP contribution in [0.25, 0.3) is 11.0 Å². The molecule has 64 heavy (non-hydrogen) atoms. The molecule has 3 saturated carbocycles. The van der Waals surface area contributed by atoms with Crippen molar-refractivity contribution in [1.29, 1.82) is 0 Å². The summed E-state index contributed by atoms with van der Waals surface area (Å²) in [5.41, 5.74) is 3.52. The average molecular weight is 893 g/mol. The van der Waals surface area contributed by atoms with E-state index in [0.717, 1.165) is 62.4 Å². The molecule has 0 bridgehead atoms. The van der Waals surface area contributed by atoms with Gasteiger partial charge in [0, 0.05) is 53.5 Å². The number of amides is 1. The molecule has 0 radical (unpaired) electrons. The molecular weight excluding hydrogens is 833 g/mol. The highest BCUT2D eigenvalue weighted by atomic mass is 32.2. The number of fused-ring (bicyclic) bond motifs is 1. The lowest BCUT2D eigenvalue weighted by molar-refractivity contribution is -0.513. The summed E-state index contributed by atoms with van der Waals surface area (Å²) in [6.45, 7) is 5.27. The molecule has 2 saturated heterocycles. The second kappa shape index (κ2) is 17.2. The fraction of sp³-hybridized carbons (Fsp3) is 0.562. The highest BCUT2D eigenvalue weighted by Gasteiger charge is 2.51. The number of nitrogens with zero attached hydrogens (tertiary/aromatic N) is 5. The van der Waals surface area contributed by atoms with Crippen LogP contribution in [-0.2, 0) is 14.8 Å². The Labute approximate surface area is 374 Å². The molecule has 4 atom stereocenters. The summed E-state index contributed by atoms with van der Waals surface area (Å²) in [5.74, 6) is 0.670. The van der Waals surface area contributed by atoms with Gasteiger partial charge in [0.15, 0.2) is 6.17 Å². The van der Waals surface area contributed by atoms with Crippen LogP contribution in [0.1, 0.15) is 113 Å². The maximum absolute atomic E-state index is 14.0. The van der Waals surface area contributed by atoms with E-state index in [1.807, 2.05) is 25.1 Å². The van der Waals surface area contributed by atoms with E-state index in [4.69, 9.17) is 4.74 Å². The number of rotatable bonds is 13. The Kier molecular flexibility index (Phi) is 11.6. The van der Waals surface area contributed by atoms with Crippen molar-refractivity contribution in [3.05, 3.63) is 104 Å². The number of nitrogens with one attached hydrogen (secondary N) is 3. The standard InChI is InChI=1S/C48H60N8O7S/c1-47(58)15-12-31(13-16-47)28-50-45-42(56(59)60)25-37(30-52-45)64(61,62)53-46(57)40-11-10-34(24-43(40)63-36-23-33-14-19-49-44(33)51-29-36)54-21-17-48(18-22-54)26-35(27-48)55-20-4-7-41(55)39-6-3-2-5-38(39)32-8-9-32/h2-3,5-6,11,14,19,23-25,29-32,34-35,41-42,45,50,58H,4,7-10,12-13,15-18,20-22,26-28H2,1H3,(H,49,51)(H,53,57)/t31?,34-,41+,42?,45?,47?/m1/s1. The molecular formula is C48H60N8O7S. The topological polar surface area (TPSA) is 195 Å². The van der Waals surface area contributed by atoms with Crippen LogP contribution in [0, 0.1) is 21.4 Å². The maximum atomic E-state index is 14.0. The number of hydrogen-bond acceptors (Lipinski definition) is 12. The minimum atomic E-state index is -4.57. The van der Waals surface area contributed by atoms with Gasteiger partial charge in [0.25, 0.3) is 22.0 Å². The minimum absolute atomic E-state index is 0.0536. The van der Waals surface area contributed by atoms with Crippen LogP contribution >= 0.6 is 0 Å². The molecule has 15 nitrogen and oxygen atoms in total. The van der Waals surface area contributed by atoms with E-state index >= 15 is 0 Å². The highest BCUT2D eigenvalue weighted by Crippen LogP contribution is 2.55. The lowest BCUT2D eigenvalue weighted by atomic mass is 9.59. The van der Waals surface area contributed by atoms with Crippen molar-refractivity contribution in [2.75, 3.05) is 26.2 Å². The van der Waals surface area contributed by atoms with Crippen molar-refractivity contribution in [2.45, 2.75) is 132 Å². The summed E-state index contributed by atoms with van der Waals surface area (Å²) in [7, 11) is -4.57. The monoisotopic (exact) mass is 892 g/mol. The molecule has 2 unspecified atom stereocenters. The number of aromatic nitrogens is 2. The number of likely N-dealkylation sites (tertiary alicyclic amines) is 2. The lowest BCUT2D eigenvalue weighted by Gasteiger charge is -2.56. The van der Waals surface area contributed by atoms with Crippen molar-refractivity contribution in [1.82, 2.24) is 29.8 Å². The molecule has 5 fully saturated rings. The van der Waals surface area contributed by atoms with Gasteiger partial charge < -0.3 is 14.8 Å². The summed E-state index contributed by atoms with van der Waals surface area (Å²) in [6.07, 6.45) is 21.2. The first-order valence-corrected chi connectivity index (χ1v) is 24.8. The number of aromatic amines is 1. The second-order valence-electron chi connectivity index (χ2n) is 19.9. The Morgan fingerprint density at radius 2 is 1.80 bits per heavy atom. The largest absolute Gasteiger partial charge is 0.455 e. The Morgan fingerprint density at radius 1 is 1.03 bits per heavy atom. The number of aliphatic hydroxyl groups is 1. The minimum Gasteiger partial charge on any atom is -0.455 e. The number of hydrogen-bond donors (Lipinski definition) is 4. The summed E-state index contributed by atoms with van der Waals surface area (Å²) < 4.78 is 36.0. The number of carbonyl (C=O) groups is 1. The molecule has 1 aromatic carbocycles. The van der Waals surface area contributed by atoms with Gasteiger partial charge >= 0.3 is 0 Å². The van der Waals surface area contributed by atoms with Gasteiger partial charge in [-0.3, -0.25) is 35.0 Å². The zero-order chi connectivity index (χ0) is 44.2. The van der Waals surface area contributed by atoms with Crippen LogP contribution in [0.3, 0.4) is 0 Å². The molecule has 16 heteroatoms. The first-order valence-electron chi connectivity index (χ1n) is 23.4. The molecule has 1 amide bonds. The molecule has 3 aromatic rings. The number of aliphatic imine (C=N–C) groups is 1. The maximum Gasteiger partial charge on any atom is 0.268 e. The van der Waals surface area contributed by atoms with Gasteiger partial charge in [-0.15, -0.1) is 0 Å². The number of carbonyl (C=O) groups excluding carboxylic acids is 1. The number of H-pyrrole nitrogens is 1. The van der Waals surface area contributed by atoms with Crippen LogP contribution in [0.5, 0.6) is 5.75 Å². The summed E-state index contributed by atoms with van der Waals surface area (Å²) in [6, 6.07) is 12.5. The van der Waals surface area contributed by atoms with Crippen molar-refractivity contribution in [2.24, 2.45) is 16.3 Å². The fourth-order valence-electron chi connectivity index (χ4n) is 11.5. The van der Waals surface area contributed by atoms with E-state index in [1.54, 1.807) is 29.6 Å². The molecule has 1 spiro atoms. The summed E-state index contributed by atoms with van der Waals surface area (Å²) in [5, 5.41) is 26.4. The molecule has 340 valence electrons. The van der Waals surface area contributed by atoms with E-state index in [2.05, 4.69) is 59.1 Å². The van der Waals surface area contributed by atoms with Gasteiger partial charge in [-0.1, -0.05) is 30.3 Å². The number of sulfonamides is 1. The van der Waals surface area contributed by atoms with Gasteiger partial charge in [-0.25, -0.2) is 18.1 Å². The normalized spacial score (nSPS) is 30.1. The van der Waals surface area contributed by atoms with Crippen molar-refractivity contribution in [3.8, 4) is 5.75 Å². The predicted octanol–water partition coefficient (Wildman–Crippen LogP) is 6.40. The molecule has 4 aliphatic carbocycles.